The van der Waals surface area contributed by atoms with Crippen LogP contribution in [0.1, 0.15) is 47.5 Å². The molecule has 0 spiro atoms. The minimum atomic E-state index is -2.46. The molecule has 0 aliphatic carbocycles. The van der Waals surface area contributed by atoms with E-state index < -0.39 is 8.80 Å². The summed E-state index contributed by atoms with van der Waals surface area (Å²) in [4.78, 5) is 0. The van der Waals surface area contributed by atoms with Crippen LogP contribution in [0.3, 0.4) is 0 Å². The van der Waals surface area contributed by atoms with Crippen molar-refractivity contribution in [2.24, 2.45) is 5.92 Å². The Balaban J connectivity index is 4.03. The second-order valence-electron chi connectivity index (χ2n) is 4.67. The first-order valence-electron chi connectivity index (χ1n) is 7.63. The van der Waals surface area contributed by atoms with E-state index in [1.165, 1.54) is 0 Å². The van der Waals surface area contributed by atoms with Crippen molar-refractivity contribution in [3.8, 4) is 0 Å². The van der Waals surface area contributed by atoms with E-state index in [9.17, 15) is 0 Å². The van der Waals surface area contributed by atoms with Gasteiger partial charge in [-0.05, 0) is 33.1 Å². The first-order chi connectivity index (χ1) is 9.14. The molecular formula is C14H32O4Si. The van der Waals surface area contributed by atoms with Gasteiger partial charge in [0.2, 0.25) is 0 Å². The Kier molecular flexibility index (Phi) is 11.9. The molecule has 1 unspecified atom stereocenters. The Morgan fingerprint density at radius 3 is 1.84 bits per heavy atom. The molecule has 0 saturated carbocycles. The van der Waals surface area contributed by atoms with Crippen molar-refractivity contribution >= 4 is 8.80 Å². The van der Waals surface area contributed by atoms with E-state index in [0.29, 0.717) is 25.7 Å². The first-order valence-corrected chi connectivity index (χ1v) is 9.56. The van der Waals surface area contributed by atoms with E-state index >= 15 is 0 Å². The number of hydrogen-bond donors (Lipinski definition) is 0. The van der Waals surface area contributed by atoms with Crippen LogP contribution in [-0.4, -0.2) is 41.8 Å². The fraction of sp³-hybridized carbons (Fsp3) is 1.00. The van der Waals surface area contributed by atoms with Crippen LogP contribution in [0.5, 0.6) is 0 Å². The Labute approximate surface area is 120 Å². The van der Waals surface area contributed by atoms with E-state index in [-0.39, 0.29) is 0 Å². The standard InChI is InChI=1S/C14H32O4Si/c1-6-14(5)13-15-11-10-12-19(16-7-2,17-8-3)18-9-4/h14H,6-13H2,1-5H3. The topological polar surface area (TPSA) is 36.9 Å². The zero-order chi connectivity index (χ0) is 14.6. The number of hydrogen-bond acceptors (Lipinski definition) is 4. The summed E-state index contributed by atoms with van der Waals surface area (Å²) in [6, 6.07) is 0.836. The third-order valence-electron chi connectivity index (χ3n) is 2.96. The maximum absolute atomic E-state index is 5.80. The van der Waals surface area contributed by atoms with Crippen molar-refractivity contribution in [1.82, 2.24) is 0 Å². The first kappa shape index (κ1) is 19.1. The quantitative estimate of drug-likeness (QED) is 0.385. The molecule has 1 atom stereocenters. The molecular weight excluding hydrogens is 260 g/mol. The van der Waals surface area contributed by atoms with E-state index in [0.717, 1.165) is 32.1 Å². The molecule has 0 N–H and O–H groups in total. The monoisotopic (exact) mass is 292 g/mol. The van der Waals surface area contributed by atoms with E-state index in [4.69, 9.17) is 18.0 Å². The van der Waals surface area contributed by atoms with Crippen LogP contribution < -0.4 is 0 Å². The Morgan fingerprint density at radius 1 is 0.895 bits per heavy atom. The Hall–Kier alpha value is 0.0569. The van der Waals surface area contributed by atoms with Crippen LogP contribution in [0.4, 0.5) is 0 Å². The molecule has 0 heterocycles. The minimum absolute atomic E-state index is 0.632. The molecule has 0 aliphatic heterocycles. The maximum atomic E-state index is 5.80. The van der Waals surface area contributed by atoms with Gasteiger partial charge in [0.05, 0.1) is 0 Å². The summed E-state index contributed by atoms with van der Waals surface area (Å²) in [7, 11) is -2.46. The van der Waals surface area contributed by atoms with Gasteiger partial charge in [0.25, 0.3) is 0 Å². The molecule has 0 aliphatic rings. The fourth-order valence-electron chi connectivity index (χ4n) is 1.79. The maximum Gasteiger partial charge on any atom is 0.501 e. The smallest absolute Gasteiger partial charge is 0.381 e. The van der Waals surface area contributed by atoms with Crippen LogP contribution >= 0.6 is 0 Å². The Morgan fingerprint density at radius 2 is 1.42 bits per heavy atom. The third-order valence-corrected chi connectivity index (χ3v) is 6.12. The van der Waals surface area contributed by atoms with Gasteiger partial charge >= 0.3 is 8.80 Å². The van der Waals surface area contributed by atoms with Gasteiger partial charge in [-0.3, -0.25) is 0 Å². The third kappa shape index (κ3) is 8.76. The fourth-order valence-corrected chi connectivity index (χ4v) is 4.37. The molecule has 0 aromatic heterocycles. The summed E-state index contributed by atoms with van der Waals surface area (Å²) < 4.78 is 23.1. The van der Waals surface area contributed by atoms with Gasteiger partial charge in [0.15, 0.2) is 0 Å². The van der Waals surface area contributed by atoms with Gasteiger partial charge < -0.3 is 18.0 Å². The minimum Gasteiger partial charge on any atom is -0.381 e. The lowest BCUT2D eigenvalue weighted by Crippen LogP contribution is -2.46. The molecule has 0 rings (SSSR count). The van der Waals surface area contributed by atoms with Crippen molar-refractivity contribution < 1.29 is 18.0 Å². The summed E-state index contributed by atoms with van der Waals surface area (Å²) in [5, 5.41) is 0. The highest BCUT2D eigenvalue weighted by Crippen LogP contribution is 2.18. The van der Waals surface area contributed by atoms with Gasteiger partial charge in [0, 0.05) is 39.1 Å². The molecule has 0 fully saturated rings. The highest BCUT2D eigenvalue weighted by molar-refractivity contribution is 6.60. The van der Waals surface area contributed by atoms with Crippen LogP contribution in [0, 0.1) is 5.92 Å². The summed E-state index contributed by atoms with van der Waals surface area (Å²) in [5.74, 6) is 0.632. The zero-order valence-electron chi connectivity index (χ0n) is 13.4. The molecule has 5 heteroatoms. The molecule has 0 amide bonds. The van der Waals surface area contributed by atoms with Crippen LogP contribution in [0.25, 0.3) is 0 Å². The lowest BCUT2D eigenvalue weighted by molar-refractivity contribution is 0.0631. The molecule has 116 valence electrons. The van der Waals surface area contributed by atoms with Gasteiger partial charge in [-0.15, -0.1) is 0 Å². The lowest BCUT2D eigenvalue weighted by atomic mass is 10.1. The van der Waals surface area contributed by atoms with E-state index in [1.54, 1.807) is 0 Å². The molecule has 4 nitrogen and oxygen atoms in total. The summed E-state index contributed by atoms with van der Waals surface area (Å²) in [6.07, 6.45) is 2.10. The molecule has 19 heavy (non-hydrogen) atoms. The van der Waals surface area contributed by atoms with E-state index in [1.807, 2.05) is 20.8 Å². The Bertz CT molecular complexity index is 185. The van der Waals surface area contributed by atoms with Gasteiger partial charge in [0.1, 0.15) is 0 Å². The van der Waals surface area contributed by atoms with Crippen LogP contribution in [0.15, 0.2) is 0 Å². The van der Waals surface area contributed by atoms with Crippen molar-refractivity contribution in [2.45, 2.75) is 53.5 Å². The van der Waals surface area contributed by atoms with Crippen molar-refractivity contribution in [1.29, 1.82) is 0 Å². The normalized spacial score (nSPS) is 13.7. The second-order valence-corrected chi connectivity index (χ2v) is 7.41. The summed E-state index contributed by atoms with van der Waals surface area (Å²) in [5.41, 5.74) is 0. The lowest BCUT2D eigenvalue weighted by Gasteiger charge is -2.28. The predicted molar refractivity (Wildman–Crippen MR) is 80.3 cm³/mol. The van der Waals surface area contributed by atoms with Crippen molar-refractivity contribution in [2.75, 3.05) is 33.0 Å². The SMILES string of the molecule is CCO[Si](CCCOCC(C)CC)(OCC)OCC. The molecule has 0 saturated heterocycles. The van der Waals surface area contributed by atoms with Gasteiger partial charge in [-0.1, -0.05) is 20.3 Å². The summed E-state index contributed by atoms with van der Waals surface area (Å²) in [6.45, 7) is 13.9. The molecule has 0 aromatic carbocycles. The molecule has 0 bridgehead atoms. The zero-order valence-corrected chi connectivity index (χ0v) is 14.4. The number of rotatable bonds is 13. The van der Waals surface area contributed by atoms with Crippen LogP contribution in [-0.2, 0) is 18.0 Å². The average molecular weight is 292 g/mol. The van der Waals surface area contributed by atoms with Crippen molar-refractivity contribution in [3.05, 3.63) is 0 Å². The second kappa shape index (κ2) is 11.8. The molecule has 0 aromatic rings. The number of ether oxygens (including phenoxy) is 1. The van der Waals surface area contributed by atoms with E-state index in [2.05, 4.69) is 13.8 Å². The predicted octanol–water partition coefficient (Wildman–Crippen LogP) is 3.49. The largest absolute Gasteiger partial charge is 0.501 e. The van der Waals surface area contributed by atoms with Crippen LogP contribution in [0.2, 0.25) is 6.04 Å². The van der Waals surface area contributed by atoms with Gasteiger partial charge in [-0.2, -0.15) is 0 Å². The molecule has 0 radical (unpaired) electrons. The average Bonchev–Trinajstić information content (AvgIpc) is 2.39. The highest BCUT2D eigenvalue weighted by Gasteiger charge is 2.39. The highest BCUT2D eigenvalue weighted by atomic mass is 28.4. The van der Waals surface area contributed by atoms with Crippen molar-refractivity contribution in [3.63, 3.8) is 0 Å². The summed E-state index contributed by atoms with van der Waals surface area (Å²) >= 11 is 0. The van der Waals surface area contributed by atoms with Gasteiger partial charge in [-0.25, -0.2) is 0 Å².